The number of carbonyl (C=O) groups excluding carboxylic acids is 1. The van der Waals surface area contributed by atoms with Gasteiger partial charge in [-0.1, -0.05) is 51.4 Å². The van der Waals surface area contributed by atoms with Crippen LogP contribution in [-0.2, 0) is 4.79 Å². The molecule has 0 amide bonds. The summed E-state index contributed by atoms with van der Waals surface area (Å²) in [6.45, 7) is 7.91. The molecular formula is C17H22ClN3OS. The minimum absolute atomic E-state index is 0.0364. The van der Waals surface area contributed by atoms with Crippen molar-refractivity contribution in [2.75, 3.05) is 5.75 Å². The first-order chi connectivity index (χ1) is 10.8. The fraction of sp³-hybridized carbons (Fsp3) is 0.471. The number of carbonyl (C=O) groups is 1. The Kier molecular flexibility index (Phi) is 5.87. The average Bonchev–Trinajstić information content (AvgIpc) is 3.00. The van der Waals surface area contributed by atoms with E-state index in [2.05, 4.69) is 17.0 Å². The Morgan fingerprint density at radius 3 is 2.43 bits per heavy atom. The van der Waals surface area contributed by atoms with Crippen LogP contribution in [0, 0.1) is 5.41 Å². The van der Waals surface area contributed by atoms with Crippen molar-refractivity contribution in [1.29, 1.82) is 0 Å². The van der Waals surface area contributed by atoms with Crippen LogP contribution in [0.15, 0.2) is 36.9 Å². The summed E-state index contributed by atoms with van der Waals surface area (Å²) >= 11 is 7.74. The number of Topliss-reactive ketones (excluding diaryl/α,β-unsaturated/α-hetero) is 1. The van der Waals surface area contributed by atoms with Crippen molar-refractivity contribution in [3.05, 3.63) is 47.5 Å². The van der Waals surface area contributed by atoms with Gasteiger partial charge in [-0.3, -0.25) is 4.79 Å². The Morgan fingerprint density at radius 1 is 1.30 bits per heavy atom. The summed E-state index contributed by atoms with van der Waals surface area (Å²) in [5, 5.41) is 4.89. The van der Waals surface area contributed by atoms with Gasteiger partial charge in [0.15, 0.2) is 5.78 Å². The van der Waals surface area contributed by atoms with E-state index in [-0.39, 0.29) is 11.0 Å². The summed E-state index contributed by atoms with van der Waals surface area (Å²) < 4.78 is 1.68. The molecular weight excluding hydrogens is 330 g/mol. The van der Waals surface area contributed by atoms with Crippen LogP contribution in [0.2, 0.25) is 5.02 Å². The molecule has 0 N–H and O–H groups in total. The summed E-state index contributed by atoms with van der Waals surface area (Å²) in [7, 11) is 0. The fourth-order valence-electron chi connectivity index (χ4n) is 2.40. The lowest BCUT2D eigenvalue weighted by atomic mass is 9.84. The highest BCUT2D eigenvalue weighted by Gasteiger charge is 2.37. The summed E-state index contributed by atoms with van der Waals surface area (Å²) in [5.41, 5.74) is 0.606. The summed E-state index contributed by atoms with van der Waals surface area (Å²) in [4.78, 5) is 17.1. The molecule has 1 heterocycles. The van der Waals surface area contributed by atoms with Crippen LogP contribution in [0.25, 0.3) is 0 Å². The number of hydrogen-bond donors (Lipinski definition) is 0. The molecule has 124 valence electrons. The van der Waals surface area contributed by atoms with Crippen molar-refractivity contribution in [3.8, 4) is 0 Å². The molecule has 0 bridgehead atoms. The molecule has 0 saturated heterocycles. The van der Waals surface area contributed by atoms with Crippen molar-refractivity contribution in [2.24, 2.45) is 5.41 Å². The van der Waals surface area contributed by atoms with Gasteiger partial charge >= 0.3 is 0 Å². The topological polar surface area (TPSA) is 47.8 Å². The zero-order chi connectivity index (χ0) is 17.0. The molecule has 0 radical (unpaired) electrons. The van der Waals surface area contributed by atoms with E-state index in [1.807, 2.05) is 45.0 Å². The van der Waals surface area contributed by atoms with Crippen LogP contribution in [0.5, 0.6) is 0 Å². The van der Waals surface area contributed by atoms with Gasteiger partial charge in [-0.2, -0.15) is 16.9 Å². The first-order valence-corrected chi connectivity index (χ1v) is 9.02. The summed E-state index contributed by atoms with van der Waals surface area (Å²) in [6.07, 6.45) is 3.09. The van der Waals surface area contributed by atoms with Gasteiger partial charge in [0.1, 0.15) is 18.7 Å². The van der Waals surface area contributed by atoms with Gasteiger partial charge in [0, 0.05) is 10.4 Å². The lowest BCUT2D eigenvalue weighted by molar-refractivity contribution is -0.130. The first kappa shape index (κ1) is 18.0. The van der Waals surface area contributed by atoms with E-state index in [9.17, 15) is 4.79 Å². The van der Waals surface area contributed by atoms with Crippen molar-refractivity contribution in [3.63, 3.8) is 0 Å². The van der Waals surface area contributed by atoms with E-state index in [0.29, 0.717) is 5.02 Å². The molecule has 23 heavy (non-hydrogen) atoms. The molecule has 6 heteroatoms. The molecule has 0 spiro atoms. The van der Waals surface area contributed by atoms with E-state index in [1.165, 1.54) is 6.33 Å². The maximum absolute atomic E-state index is 13.1. The minimum atomic E-state index is -0.463. The predicted molar refractivity (Wildman–Crippen MR) is 95.8 cm³/mol. The Morgan fingerprint density at radius 2 is 1.96 bits per heavy atom. The monoisotopic (exact) mass is 351 g/mol. The second-order valence-corrected chi connectivity index (χ2v) is 8.22. The second-order valence-electron chi connectivity index (χ2n) is 6.36. The van der Waals surface area contributed by atoms with Crippen molar-refractivity contribution in [1.82, 2.24) is 14.8 Å². The number of hydrogen-bond acceptors (Lipinski definition) is 4. The number of halogens is 1. The summed E-state index contributed by atoms with van der Waals surface area (Å²) in [5.74, 6) is 1.04. The first-order valence-electron chi connectivity index (χ1n) is 7.60. The standard InChI is InChI=1S/C17H22ClN3OS/c1-5-23-15(12-6-8-13(18)9-7-12)14(16(22)17(2,3)4)21-11-19-10-20-21/h6-11,14-15H,5H2,1-4H3. The molecule has 0 aliphatic carbocycles. The summed E-state index contributed by atoms with van der Waals surface area (Å²) in [6, 6.07) is 7.29. The van der Waals surface area contributed by atoms with E-state index in [0.717, 1.165) is 11.3 Å². The molecule has 4 nitrogen and oxygen atoms in total. The van der Waals surface area contributed by atoms with Gasteiger partial charge in [0.05, 0.1) is 5.25 Å². The van der Waals surface area contributed by atoms with Gasteiger partial charge in [-0.25, -0.2) is 9.67 Å². The minimum Gasteiger partial charge on any atom is -0.297 e. The van der Waals surface area contributed by atoms with E-state index < -0.39 is 11.5 Å². The molecule has 0 aliphatic heterocycles. The number of aromatic nitrogens is 3. The van der Waals surface area contributed by atoms with Gasteiger partial charge in [-0.05, 0) is 23.4 Å². The molecule has 2 aromatic rings. The molecule has 1 aromatic heterocycles. The predicted octanol–water partition coefficient (Wildman–Crippen LogP) is 4.58. The fourth-order valence-corrected chi connectivity index (χ4v) is 3.67. The molecule has 0 saturated carbocycles. The Hall–Kier alpha value is -1.33. The van der Waals surface area contributed by atoms with E-state index in [1.54, 1.807) is 22.8 Å². The quantitative estimate of drug-likeness (QED) is 0.764. The Bertz CT molecular complexity index is 635. The van der Waals surface area contributed by atoms with Crippen LogP contribution in [0.4, 0.5) is 0 Å². The van der Waals surface area contributed by atoms with Gasteiger partial charge in [0.2, 0.25) is 0 Å². The molecule has 2 rings (SSSR count). The van der Waals surface area contributed by atoms with Crippen LogP contribution in [0.3, 0.4) is 0 Å². The third-order valence-corrected chi connectivity index (χ3v) is 5.04. The normalized spacial score (nSPS) is 14.5. The van der Waals surface area contributed by atoms with E-state index in [4.69, 9.17) is 11.6 Å². The zero-order valence-corrected chi connectivity index (χ0v) is 15.4. The van der Waals surface area contributed by atoms with Crippen molar-refractivity contribution >= 4 is 29.1 Å². The molecule has 2 atom stereocenters. The highest BCUT2D eigenvalue weighted by Crippen LogP contribution is 2.42. The maximum atomic E-state index is 13.1. The lowest BCUT2D eigenvalue weighted by Gasteiger charge is -2.31. The van der Waals surface area contributed by atoms with Gasteiger partial charge < -0.3 is 0 Å². The van der Waals surface area contributed by atoms with Crippen molar-refractivity contribution < 1.29 is 4.79 Å². The van der Waals surface area contributed by atoms with E-state index >= 15 is 0 Å². The highest BCUT2D eigenvalue weighted by molar-refractivity contribution is 7.99. The third-order valence-electron chi connectivity index (χ3n) is 3.56. The number of rotatable bonds is 6. The zero-order valence-electron chi connectivity index (χ0n) is 13.9. The smallest absolute Gasteiger partial charge is 0.164 e. The number of thioether (sulfide) groups is 1. The Labute approximate surface area is 146 Å². The van der Waals surface area contributed by atoms with Crippen LogP contribution in [0.1, 0.15) is 44.6 Å². The van der Waals surface area contributed by atoms with Gasteiger partial charge in [-0.15, -0.1) is 0 Å². The average molecular weight is 352 g/mol. The maximum Gasteiger partial charge on any atom is 0.164 e. The SMILES string of the molecule is CCSC(c1ccc(Cl)cc1)C(C(=O)C(C)(C)C)n1cncn1. The molecule has 2 unspecified atom stereocenters. The largest absolute Gasteiger partial charge is 0.297 e. The van der Waals surface area contributed by atoms with Crippen LogP contribution >= 0.6 is 23.4 Å². The lowest BCUT2D eigenvalue weighted by Crippen LogP contribution is -2.34. The third kappa shape index (κ3) is 4.36. The molecule has 1 aromatic carbocycles. The second kappa shape index (κ2) is 7.49. The highest BCUT2D eigenvalue weighted by atomic mass is 35.5. The Balaban J connectivity index is 2.49. The molecule has 0 fully saturated rings. The molecule has 0 aliphatic rings. The number of nitrogens with zero attached hydrogens (tertiary/aromatic N) is 3. The van der Waals surface area contributed by atoms with Crippen molar-refractivity contribution in [2.45, 2.75) is 39.0 Å². The number of ketones is 1. The van der Waals surface area contributed by atoms with Gasteiger partial charge in [0.25, 0.3) is 0 Å². The van der Waals surface area contributed by atoms with Crippen LogP contribution in [-0.4, -0.2) is 26.3 Å². The van der Waals surface area contributed by atoms with Crippen LogP contribution < -0.4 is 0 Å². The number of benzene rings is 1.